The topological polar surface area (TPSA) is 12.0 Å². The van der Waals surface area contributed by atoms with Gasteiger partial charge in [-0.25, -0.2) is 0 Å². The van der Waals surface area contributed by atoms with Crippen LogP contribution in [0.2, 0.25) is 0 Å². The highest BCUT2D eigenvalue weighted by Gasteiger charge is 2.19. The van der Waals surface area contributed by atoms with Crippen LogP contribution in [0.3, 0.4) is 0 Å². The van der Waals surface area contributed by atoms with Crippen molar-refractivity contribution in [3.63, 3.8) is 0 Å². The highest BCUT2D eigenvalue weighted by Crippen LogP contribution is 2.27. The molecule has 1 nitrogen and oxygen atoms in total. The highest BCUT2D eigenvalue weighted by atomic mass is 14.9. The molecule has 1 rings (SSSR count). The molecule has 0 fully saturated rings. The largest absolute Gasteiger partial charge is 0.310 e. The minimum Gasteiger partial charge on any atom is -0.310 e. The summed E-state index contributed by atoms with van der Waals surface area (Å²) in [6.45, 7) is 10.1. The molecule has 1 atom stereocenters. The zero-order valence-electron chi connectivity index (χ0n) is 11.8. The summed E-state index contributed by atoms with van der Waals surface area (Å²) < 4.78 is 0. The molecule has 0 heterocycles. The first-order chi connectivity index (χ1) is 8.22. The van der Waals surface area contributed by atoms with E-state index in [1.807, 2.05) is 0 Å². The van der Waals surface area contributed by atoms with E-state index in [2.05, 4.69) is 57.3 Å². The van der Waals surface area contributed by atoms with Crippen LogP contribution in [0.5, 0.6) is 0 Å². The molecular weight excluding hydrogens is 206 g/mol. The molecule has 1 heteroatoms. The van der Waals surface area contributed by atoms with E-state index in [9.17, 15) is 0 Å². The standard InChI is InChI=1S/C16H27N/c1-5-12-17-16(14(6-2)7-3)15-10-8-13(4)9-11-15/h8-11,14,16-17H,5-7,12H2,1-4H3. The van der Waals surface area contributed by atoms with Crippen LogP contribution in [0.1, 0.15) is 57.2 Å². The van der Waals surface area contributed by atoms with Crippen LogP contribution in [-0.4, -0.2) is 6.54 Å². The predicted octanol–water partition coefficient (Wildman–Crippen LogP) is 4.47. The van der Waals surface area contributed by atoms with Crippen molar-refractivity contribution in [1.29, 1.82) is 0 Å². The number of hydrogen-bond acceptors (Lipinski definition) is 1. The van der Waals surface area contributed by atoms with E-state index in [-0.39, 0.29) is 0 Å². The van der Waals surface area contributed by atoms with E-state index in [1.54, 1.807) is 0 Å². The van der Waals surface area contributed by atoms with Crippen molar-refractivity contribution in [3.05, 3.63) is 35.4 Å². The molecule has 0 spiro atoms. The zero-order valence-corrected chi connectivity index (χ0v) is 11.8. The molecule has 0 aliphatic carbocycles. The van der Waals surface area contributed by atoms with Crippen molar-refractivity contribution in [3.8, 4) is 0 Å². The third kappa shape index (κ3) is 4.16. The van der Waals surface area contributed by atoms with Crippen molar-refractivity contribution in [2.24, 2.45) is 5.92 Å². The molecule has 0 aromatic heterocycles. The monoisotopic (exact) mass is 233 g/mol. The van der Waals surface area contributed by atoms with Crippen molar-refractivity contribution in [2.75, 3.05) is 6.54 Å². The molecule has 0 bridgehead atoms. The Morgan fingerprint density at radius 3 is 2.06 bits per heavy atom. The van der Waals surface area contributed by atoms with E-state index < -0.39 is 0 Å². The quantitative estimate of drug-likeness (QED) is 0.732. The number of aryl methyl sites for hydroxylation is 1. The van der Waals surface area contributed by atoms with Gasteiger partial charge in [0.2, 0.25) is 0 Å². The minimum absolute atomic E-state index is 0.519. The number of hydrogen-bond donors (Lipinski definition) is 1. The lowest BCUT2D eigenvalue weighted by Gasteiger charge is -2.27. The van der Waals surface area contributed by atoms with E-state index in [1.165, 1.54) is 30.4 Å². The molecular formula is C16H27N. The lowest BCUT2D eigenvalue weighted by atomic mass is 9.88. The van der Waals surface area contributed by atoms with Crippen molar-refractivity contribution < 1.29 is 0 Å². The normalized spacial score (nSPS) is 13.0. The highest BCUT2D eigenvalue weighted by molar-refractivity contribution is 5.24. The zero-order chi connectivity index (χ0) is 12.7. The fourth-order valence-corrected chi connectivity index (χ4v) is 2.39. The summed E-state index contributed by atoms with van der Waals surface area (Å²) in [5.41, 5.74) is 2.78. The van der Waals surface area contributed by atoms with E-state index >= 15 is 0 Å². The average molecular weight is 233 g/mol. The number of benzene rings is 1. The lowest BCUT2D eigenvalue weighted by molar-refractivity contribution is 0.341. The van der Waals surface area contributed by atoms with Crippen molar-refractivity contribution in [1.82, 2.24) is 5.32 Å². The third-order valence-electron chi connectivity index (χ3n) is 3.57. The number of rotatable bonds is 7. The maximum atomic E-state index is 3.71. The van der Waals surface area contributed by atoms with Crippen LogP contribution in [0.25, 0.3) is 0 Å². The van der Waals surface area contributed by atoms with Gasteiger partial charge in [0.15, 0.2) is 0 Å². The summed E-state index contributed by atoms with van der Waals surface area (Å²) in [4.78, 5) is 0. The fourth-order valence-electron chi connectivity index (χ4n) is 2.39. The van der Waals surface area contributed by atoms with Gasteiger partial charge >= 0.3 is 0 Å². The van der Waals surface area contributed by atoms with Gasteiger partial charge in [-0.05, 0) is 31.4 Å². The van der Waals surface area contributed by atoms with Crippen LogP contribution < -0.4 is 5.32 Å². The van der Waals surface area contributed by atoms with Gasteiger partial charge in [0.05, 0.1) is 0 Å². The Balaban J connectivity index is 2.84. The Kier molecular flexibility index (Phi) is 6.28. The average Bonchev–Trinajstić information content (AvgIpc) is 2.36. The molecule has 0 aliphatic rings. The Hall–Kier alpha value is -0.820. The molecule has 17 heavy (non-hydrogen) atoms. The third-order valence-corrected chi connectivity index (χ3v) is 3.57. The molecule has 1 aromatic carbocycles. The smallest absolute Gasteiger partial charge is 0.0348 e. The molecule has 1 unspecified atom stereocenters. The summed E-state index contributed by atoms with van der Waals surface area (Å²) >= 11 is 0. The lowest BCUT2D eigenvalue weighted by Crippen LogP contribution is -2.28. The summed E-state index contributed by atoms with van der Waals surface area (Å²) in [5, 5.41) is 3.71. The SMILES string of the molecule is CCCNC(c1ccc(C)cc1)C(CC)CC. The molecule has 0 saturated heterocycles. The number of nitrogens with one attached hydrogen (secondary N) is 1. The summed E-state index contributed by atoms with van der Waals surface area (Å²) in [6.07, 6.45) is 3.68. The van der Waals surface area contributed by atoms with Gasteiger partial charge in [0, 0.05) is 6.04 Å². The summed E-state index contributed by atoms with van der Waals surface area (Å²) in [7, 11) is 0. The second kappa shape index (κ2) is 7.50. The van der Waals surface area contributed by atoms with E-state index in [4.69, 9.17) is 0 Å². The van der Waals surface area contributed by atoms with Gasteiger partial charge in [-0.15, -0.1) is 0 Å². The van der Waals surface area contributed by atoms with Gasteiger partial charge in [0.1, 0.15) is 0 Å². The van der Waals surface area contributed by atoms with Crippen LogP contribution in [0.15, 0.2) is 24.3 Å². The van der Waals surface area contributed by atoms with Gasteiger partial charge < -0.3 is 5.32 Å². The second-order valence-corrected chi connectivity index (χ2v) is 4.92. The summed E-state index contributed by atoms with van der Waals surface area (Å²) in [5.74, 6) is 0.740. The van der Waals surface area contributed by atoms with Gasteiger partial charge in [-0.2, -0.15) is 0 Å². The van der Waals surface area contributed by atoms with Crippen LogP contribution >= 0.6 is 0 Å². The molecule has 1 N–H and O–H groups in total. The van der Waals surface area contributed by atoms with Crippen molar-refractivity contribution >= 4 is 0 Å². The van der Waals surface area contributed by atoms with Gasteiger partial charge in [0.25, 0.3) is 0 Å². The molecule has 0 aliphatic heterocycles. The first-order valence-electron chi connectivity index (χ1n) is 7.02. The Morgan fingerprint density at radius 2 is 1.59 bits per heavy atom. The first kappa shape index (κ1) is 14.2. The minimum atomic E-state index is 0.519. The Labute approximate surface area is 107 Å². The fraction of sp³-hybridized carbons (Fsp3) is 0.625. The van der Waals surface area contributed by atoms with Crippen LogP contribution in [-0.2, 0) is 0 Å². The van der Waals surface area contributed by atoms with E-state index in [0.29, 0.717) is 6.04 Å². The van der Waals surface area contributed by atoms with Crippen LogP contribution in [0.4, 0.5) is 0 Å². The molecule has 96 valence electrons. The Bertz CT molecular complexity index is 298. The maximum Gasteiger partial charge on any atom is 0.0348 e. The first-order valence-corrected chi connectivity index (χ1v) is 7.02. The summed E-state index contributed by atoms with van der Waals surface area (Å²) in [6, 6.07) is 9.52. The molecule has 1 aromatic rings. The molecule has 0 saturated carbocycles. The molecule has 0 amide bonds. The van der Waals surface area contributed by atoms with Gasteiger partial charge in [-0.1, -0.05) is 63.4 Å². The second-order valence-electron chi connectivity index (χ2n) is 4.92. The van der Waals surface area contributed by atoms with Gasteiger partial charge in [-0.3, -0.25) is 0 Å². The Morgan fingerprint density at radius 1 is 1.00 bits per heavy atom. The van der Waals surface area contributed by atoms with Crippen molar-refractivity contribution in [2.45, 2.75) is 53.0 Å². The van der Waals surface area contributed by atoms with E-state index in [0.717, 1.165) is 12.5 Å². The predicted molar refractivity (Wildman–Crippen MR) is 76.3 cm³/mol. The molecule has 0 radical (unpaired) electrons. The maximum absolute atomic E-state index is 3.71. The van der Waals surface area contributed by atoms with Crippen LogP contribution in [0, 0.1) is 12.8 Å².